The van der Waals surface area contributed by atoms with Crippen LogP contribution in [-0.4, -0.2) is 62.5 Å². The van der Waals surface area contributed by atoms with E-state index in [1.807, 2.05) is 13.8 Å². The molecule has 4 aliphatic carbocycles. The molecule has 47 heavy (non-hydrogen) atoms. The number of aliphatic hydroxyl groups is 1. The van der Waals surface area contributed by atoms with Crippen molar-refractivity contribution < 1.29 is 22.3 Å². The standard InChI is InChI=1S/C38H73N3O5S/c1-27(2)35(46-47(43,44)45)16-13-28(3)31-14-15-32-36-33(18-20-38(31,32)5)37(4)19-17-30(25-29(37)26-34(36)42)41-24-12-23-40-22-11-9-7-6-8-10-21-39/h27-36,40-42H,6-26,39H2,1-5H3,(H,43,44,45)/t28?,29-,30+,31?,32?,33?,34?,35?,36?,37+,38-/m1/s1. The molecule has 0 heterocycles. The molecule has 0 aromatic rings. The molecule has 0 amide bonds. The van der Waals surface area contributed by atoms with E-state index < -0.39 is 16.5 Å². The Morgan fingerprint density at radius 2 is 1.49 bits per heavy atom. The molecule has 0 bridgehead atoms. The van der Waals surface area contributed by atoms with Gasteiger partial charge in [0.1, 0.15) is 0 Å². The maximum absolute atomic E-state index is 11.8. The van der Waals surface area contributed by atoms with Crippen molar-refractivity contribution in [2.75, 3.05) is 26.2 Å². The fourth-order valence-corrected chi connectivity index (χ4v) is 12.0. The third kappa shape index (κ3) is 10.2. The second-order valence-corrected chi connectivity index (χ2v) is 18.4. The fraction of sp³-hybridized carbons (Fsp3) is 1.00. The van der Waals surface area contributed by atoms with Crippen molar-refractivity contribution >= 4 is 10.4 Å². The van der Waals surface area contributed by atoms with Gasteiger partial charge in [-0.25, -0.2) is 4.18 Å². The Morgan fingerprint density at radius 1 is 0.830 bits per heavy atom. The predicted octanol–water partition coefficient (Wildman–Crippen LogP) is 7.11. The first-order valence-corrected chi connectivity index (χ1v) is 21.1. The zero-order chi connectivity index (χ0) is 34.2. The number of aliphatic hydroxyl groups excluding tert-OH is 1. The van der Waals surface area contributed by atoms with Crippen molar-refractivity contribution in [2.24, 2.45) is 58.0 Å². The molecule has 4 fully saturated rings. The van der Waals surface area contributed by atoms with Gasteiger partial charge in [0.2, 0.25) is 0 Å². The van der Waals surface area contributed by atoms with Crippen molar-refractivity contribution in [3.8, 4) is 0 Å². The fourth-order valence-electron chi connectivity index (χ4n) is 11.4. The van der Waals surface area contributed by atoms with E-state index >= 15 is 0 Å². The molecule has 4 saturated carbocycles. The van der Waals surface area contributed by atoms with Gasteiger partial charge in [-0.05, 0) is 162 Å². The Labute approximate surface area is 288 Å². The lowest BCUT2D eigenvalue weighted by Crippen LogP contribution is -2.59. The number of hydrogen-bond donors (Lipinski definition) is 5. The molecule has 6 N–H and O–H groups in total. The Balaban J connectivity index is 1.23. The average molecular weight is 684 g/mol. The number of unbranched alkanes of at least 4 members (excludes halogenated alkanes) is 5. The Hall–Kier alpha value is -0.290. The summed E-state index contributed by atoms with van der Waals surface area (Å²) >= 11 is 0. The molecule has 0 radical (unpaired) electrons. The van der Waals surface area contributed by atoms with Gasteiger partial charge in [0, 0.05) is 6.04 Å². The summed E-state index contributed by atoms with van der Waals surface area (Å²) in [6.07, 6.45) is 19.3. The summed E-state index contributed by atoms with van der Waals surface area (Å²) in [6.45, 7) is 15.5. The highest BCUT2D eigenvalue weighted by Crippen LogP contribution is 2.68. The molecule has 4 aliphatic rings. The van der Waals surface area contributed by atoms with Crippen LogP contribution in [0.1, 0.15) is 144 Å². The molecule has 11 atom stereocenters. The van der Waals surface area contributed by atoms with Crippen molar-refractivity contribution in [1.29, 1.82) is 0 Å². The summed E-state index contributed by atoms with van der Waals surface area (Å²) < 4.78 is 37.2. The quantitative estimate of drug-likeness (QED) is 0.0677. The van der Waals surface area contributed by atoms with E-state index in [2.05, 4.69) is 31.4 Å². The SMILES string of the molecule is CC(C)C(CCC(C)C1CCC2C3C(O)C[C@H]4C[C@@H](NCCCNCCCCCCCCN)CC[C@]4(C)C3CC[C@]12C)OS(=O)(=O)O. The van der Waals surface area contributed by atoms with E-state index in [1.54, 1.807) is 0 Å². The summed E-state index contributed by atoms with van der Waals surface area (Å²) in [5.41, 5.74) is 6.13. The van der Waals surface area contributed by atoms with Gasteiger partial charge in [-0.2, -0.15) is 8.42 Å². The van der Waals surface area contributed by atoms with Crippen molar-refractivity contribution in [2.45, 2.75) is 162 Å². The van der Waals surface area contributed by atoms with Gasteiger partial charge in [-0.1, -0.05) is 60.3 Å². The Kier molecular flexibility index (Phi) is 14.9. The van der Waals surface area contributed by atoms with Gasteiger partial charge < -0.3 is 21.5 Å². The van der Waals surface area contributed by atoms with E-state index in [9.17, 15) is 18.1 Å². The third-order valence-electron chi connectivity index (χ3n) is 14.1. The lowest BCUT2D eigenvalue weighted by molar-refractivity contribution is -0.167. The van der Waals surface area contributed by atoms with Crippen molar-refractivity contribution in [3.63, 3.8) is 0 Å². The van der Waals surface area contributed by atoms with Gasteiger partial charge in [-0.3, -0.25) is 4.55 Å². The van der Waals surface area contributed by atoms with Gasteiger partial charge in [0.25, 0.3) is 0 Å². The number of nitrogens with one attached hydrogen (secondary N) is 2. The van der Waals surface area contributed by atoms with E-state index in [0.717, 1.165) is 39.0 Å². The molecule has 0 spiro atoms. The first-order valence-electron chi connectivity index (χ1n) is 19.8. The normalized spacial score (nSPS) is 36.9. The zero-order valence-electron chi connectivity index (χ0n) is 30.7. The minimum atomic E-state index is -4.46. The van der Waals surface area contributed by atoms with E-state index in [4.69, 9.17) is 9.92 Å². The summed E-state index contributed by atoms with van der Waals surface area (Å²) in [5.74, 6) is 3.22. The van der Waals surface area contributed by atoms with Crippen LogP contribution in [0.25, 0.3) is 0 Å². The van der Waals surface area contributed by atoms with Crippen LogP contribution in [0.15, 0.2) is 0 Å². The third-order valence-corrected chi connectivity index (χ3v) is 14.6. The van der Waals surface area contributed by atoms with Gasteiger partial charge >= 0.3 is 10.4 Å². The minimum Gasteiger partial charge on any atom is -0.393 e. The largest absolute Gasteiger partial charge is 0.397 e. The zero-order valence-corrected chi connectivity index (χ0v) is 31.5. The number of fused-ring (bicyclic) bond motifs is 5. The Morgan fingerprint density at radius 3 is 2.19 bits per heavy atom. The maximum Gasteiger partial charge on any atom is 0.397 e. The monoisotopic (exact) mass is 684 g/mol. The number of rotatable bonds is 20. The average Bonchev–Trinajstić information content (AvgIpc) is 3.36. The van der Waals surface area contributed by atoms with Gasteiger partial charge in [0.15, 0.2) is 0 Å². The molecule has 0 saturated heterocycles. The van der Waals surface area contributed by atoms with E-state index in [1.165, 1.54) is 89.9 Å². The highest BCUT2D eigenvalue weighted by molar-refractivity contribution is 7.80. The number of hydrogen-bond acceptors (Lipinski definition) is 7. The summed E-state index contributed by atoms with van der Waals surface area (Å²) in [7, 11) is -4.46. The lowest BCUT2D eigenvalue weighted by atomic mass is 9.43. The molecule has 0 aliphatic heterocycles. The van der Waals surface area contributed by atoms with Crippen LogP contribution < -0.4 is 16.4 Å². The molecule has 8 nitrogen and oxygen atoms in total. The van der Waals surface area contributed by atoms with Crippen LogP contribution in [0.2, 0.25) is 0 Å². The van der Waals surface area contributed by atoms with Gasteiger partial charge in [0.05, 0.1) is 12.2 Å². The van der Waals surface area contributed by atoms with Crippen molar-refractivity contribution in [1.82, 2.24) is 10.6 Å². The van der Waals surface area contributed by atoms with Crippen LogP contribution in [0, 0.1) is 52.3 Å². The predicted molar refractivity (Wildman–Crippen MR) is 192 cm³/mol. The second-order valence-electron chi connectivity index (χ2n) is 17.3. The first kappa shape index (κ1) is 39.5. The maximum atomic E-state index is 11.8. The highest BCUT2D eigenvalue weighted by atomic mass is 32.3. The van der Waals surface area contributed by atoms with E-state index in [-0.39, 0.29) is 17.4 Å². The summed E-state index contributed by atoms with van der Waals surface area (Å²) in [5, 5.41) is 19.4. The van der Waals surface area contributed by atoms with Crippen LogP contribution in [0.5, 0.6) is 0 Å². The molecular weight excluding hydrogens is 611 g/mol. The highest BCUT2D eigenvalue weighted by Gasteiger charge is 2.62. The van der Waals surface area contributed by atoms with Gasteiger partial charge in [-0.15, -0.1) is 0 Å². The minimum absolute atomic E-state index is 0.0154. The van der Waals surface area contributed by atoms with E-state index in [0.29, 0.717) is 53.4 Å². The lowest BCUT2D eigenvalue weighted by Gasteiger charge is -2.62. The molecule has 276 valence electrons. The Bertz CT molecular complexity index is 1040. The molecular formula is C38H73N3O5S. The van der Waals surface area contributed by atoms with Crippen molar-refractivity contribution in [3.05, 3.63) is 0 Å². The van der Waals surface area contributed by atoms with Crippen LogP contribution in [0.4, 0.5) is 0 Å². The second kappa shape index (κ2) is 17.8. The number of nitrogens with two attached hydrogens (primary N) is 1. The molecule has 9 heteroatoms. The van der Waals surface area contributed by atoms with Crippen LogP contribution >= 0.6 is 0 Å². The van der Waals surface area contributed by atoms with Crippen LogP contribution in [-0.2, 0) is 14.6 Å². The molecule has 4 rings (SSSR count). The topological polar surface area (TPSA) is 134 Å². The first-order chi connectivity index (χ1) is 22.3. The summed E-state index contributed by atoms with van der Waals surface area (Å²) in [4.78, 5) is 0. The van der Waals surface area contributed by atoms with Crippen LogP contribution in [0.3, 0.4) is 0 Å². The molecule has 0 aromatic carbocycles. The smallest absolute Gasteiger partial charge is 0.393 e. The molecule has 7 unspecified atom stereocenters. The molecule has 0 aromatic heterocycles. The summed E-state index contributed by atoms with van der Waals surface area (Å²) in [6, 6.07) is 0.579.